The van der Waals surface area contributed by atoms with Crippen LogP contribution in [0.15, 0.2) is 29.0 Å². The summed E-state index contributed by atoms with van der Waals surface area (Å²) in [5, 5.41) is 4.22. The van der Waals surface area contributed by atoms with Crippen molar-refractivity contribution in [1.82, 2.24) is 19.4 Å². The Morgan fingerprint density at radius 1 is 1.16 bits per heavy atom. The van der Waals surface area contributed by atoms with E-state index in [4.69, 9.17) is 4.74 Å². The zero-order valence-corrected chi connectivity index (χ0v) is 16.1. The molecule has 1 aliphatic heterocycles. The first-order chi connectivity index (χ1) is 11.7. The maximum atomic E-state index is 12.8. The zero-order chi connectivity index (χ0) is 18.2. The molecule has 2 amide bonds. The molecule has 3 rings (SSSR count). The summed E-state index contributed by atoms with van der Waals surface area (Å²) >= 11 is 3.42. The number of aromatic nitrogens is 2. The van der Waals surface area contributed by atoms with Gasteiger partial charge in [-0.3, -0.25) is 4.79 Å². The van der Waals surface area contributed by atoms with Crippen LogP contribution >= 0.6 is 15.9 Å². The number of hydrogen-bond donors (Lipinski definition) is 0. The van der Waals surface area contributed by atoms with E-state index in [9.17, 15) is 9.59 Å². The maximum Gasteiger partial charge on any atom is 0.410 e. The number of hydrogen-bond acceptors (Lipinski definition) is 4. The van der Waals surface area contributed by atoms with Crippen molar-refractivity contribution >= 4 is 33.4 Å². The quantitative estimate of drug-likeness (QED) is 0.727. The van der Waals surface area contributed by atoms with Gasteiger partial charge in [0.1, 0.15) is 5.60 Å². The average Bonchev–Trinajstić information content (AvgIpc) is 2.95. The van der Waals surface area contributed by atoms with Gasteiger partial charge in [-0.15, -0.1) is 0 Å². The summed E-state index contributed by atoms with van der Waals surface area (Å²) in [6, 6.07) is 3.74. The van der Waals surface area contributed by atoms with Gasteiger partial charge >= 0.3 is 6.09 Å². The molecule has 0 aromatic carbocycles. The molecule has 0 bridgehead atoms. The molecule has 25 heavy (non-hydrogen) atoms. The lowest BCUT2D eigenvalue weighted by atomic mass is 10.2. The Hall–Kier alpha value is -2.09. The molecule has 2 aromatic heterocycles. The monoisotopic (exact) mass is 408 g/mol. The molecule has 3 heterocycles. The van der Waals surface area contributed by atoms with Crippen molar-refractivity contribution < 1.29 is 14.3 Å². The largest absolute Gasteiger partial charge is 0.444 e. The number of rotatable bonds is 1. The maximum absolute atomic E-state index is 12.8. The number of piperazine rings is 1. The normalized spacial score (nSPS) is 15.5. The van der Waals surface area contributed by atoms with Gasteiger partial charge in [-0.05, 0) is 32.9 Å². The Bertz CT molecular complexity index is 804. The Morgan fingerprint density at radius 3 is 2.44 bits per heavy atom. The van der Waals surface area contributed by atoms with Gasteiger partial charge in [-0.25, -0.2) is 9.31 Å². The molecule has 134 valence electrons. The van der Waals surface area contributed by atoms with Crippen molar-refractivity contribution in [1.29, 1.82) is 0 Å². The Labute approximate surface area is 154 Å². The van der Waals surface area contributed by atoms with Crippen LogP contribution in [0.2, 0.25) is 0 Å². The highest BCUT2D eigenvalue weighted by atomic mass is 79.9. The Balaban J connectivity index is 1.67. The van der Waals surface area contributed by atoms with Crippen LogP contribution in [-0.2, 0) is 4.74 Å². The van der Waals surface area contributed by atoms with Crippen LogP contribution < -0.4 is 0 Å². The first kappa shape index (κ1) is 17.7. The van der Waals surface area contributed by atoms with Crippen molar-refractivity contribution in [3.63, 3.8) is 0 Å². The van der Waals surface area contributed by atoms with E-state index in [0.29, 0.717) is 31.7 Å². The minimum atomic E-state index is -0.519. The second-order valence-electron chi connectivity index (χ2n) is 6.99. The first-order valence-electron chi connectivity index (χ1n) is 8.15. The third kappa shape index (κ3) is 3.95. The third-order valence-corrected chi connectivity index (χ3v) is 4.43. The van der Waals surface area contributed by atoms with Gasteiger partial charge in [0, 0.05) is 36.8 Å². The van der Waals surface area contributed by atoms with Gasteiger partial charge in [-0.2, -0.15) is 5.10 Å². The molecule has 7 nitrogen and oxygen atoms in total. The van der Waals surface area contributed by atoms with Crippen molar-refractivity contribution in [2.75, 3.05) is 26.2 Å². The zero-order valence-electron chi connectivity index (χ0n) is 14.5. The second-order valence-corrected chi connectivity index (χ2v) is 7.91. The summed E-state index contributed by atoms with van der Waals surface area (Å²) in [5.41, 5.74) is 0.801. The number of fused-ring (bicyclic) bond motifs is 1. The molecule has 1 fully saturated rings. The van der Waals surface area contributed by atoms with Crippen molar-refractivity contribution in [2.24, 2.45) is 0 Å². The van der Waals surface area contributed by atoms with Crippen LogP contribution in [0.25, 0.3) is 5.52 Å². The van der Waals surface area contributed by atoms with E-state index in [0.717, 1.165) is 9.99 Å². The lowest BCUT2D eigenvalue weighted by Crippen LogP contribution is -2.51. The molecule has 0 radical (unpaired) electrons. The fourth-order valence-electron chi connectivity index (χ4n) is 2.71. The van der Waals surface area contributed by atoms with Crippen molar-refractivity contribution in [3.05, 3.63) is 34.6 Å². The van der Waals surface area contributed by atoms with E-state index in [1.54, 1.807) is 26.7 Å². The highest BCUT2D eigenvalue weighted by Gasteiger charge is 2.29. The predicted molar refractivity (Wildman–Crippen MR) is 96.6 cm³/mol. The molecule has 0 atom stereocenters. The summed E-state index contributed by atoms with van der Waals surface area (Å²) in [6.45, 7) is 7.40. The number of nitrogens with zero attached hydrogens (tertiary/aromatic N) is 4. The molecule has 0 spiro atoms. The van der Waals surface area contributed by atoms with E-state index in [1.807, 2.05) is 32.9 Å². The van der Waals surface area contributed by atoms with Gasteiger partial charge in [0.2, 0.25) is 0 Å². The Morgan fingerprint density at radius 2 is 1.80 bits per heavy atom. The molecule has 8 heteroatoms. The molecule has 1 aliphatic rings. The van der Waals surface area contributed by atoms with Crippen LogP contribution in [0.3, 0.4) is 0 Å². The van der Waals surface area contributed by atoms with Gasteiger partial charge in [0.15, 0.2) is 0 Å². The average molecular weight is 409 g/mol. The third-order valence-electron chi connectivity index (χ3n) is 3.93. The summed E-state index contributed by atoms with van der Waals surface area (Å²) in [6.07, 6.45) is 3.06. The minimum Gasteiger partial charge on any atom is -0.444 e. The number of carbonyl (C=O) groups is 2. The molecule has 0 unspecified atom stereocenters. The molecular formula is C17H21BrN4O3. The molecule has 0 saturated carbocycles. The van der Waals surface area contributed by atoms with Crippen LogP contribution in [0.1, 0.15) is 31.1 Å². The smallest absolute Gasteiger partial charge is 0.410 e. The Kier molecular flexibility index (Phi) is 4.73. The SMILES string of the molecule is CC(C)(C)OC(=O)N1CCN(C(=O)c2cnn3ccc(Br)cc23)CC1. The van der Waals surface area contributed by atoms with Crippen molar-refractivity contribution in [3.8, 4) is 0 Å². The molecular weight excluding hydrogens is 388 g/mol. The van der Waals surface area contributed by atoms with Crippen LogP contribution in [0.5, 0.6) is 0 Å². The summed E-state index contributed by atoms with van der Waals surface area (Å²) in [5.74, 6) is -0.0723. The van der Waals surface area contributed by atoms with Gasteiger partial charge in [-0.1, -0.05) is 15.9 Å². The van der Waals surface area contributed by atoms with Crippen LogP contribution in [0.4, 0.5) is 4.79 Å². The first-order valence-corrected chi connectivity index (χ1v) is 8.94. The van der Waals surface area contributed by atoms with Crippen LogP contribution in [0, 0.1) is 0 Å². The van der Waals surface area contributed by atoms with Gasteiger partial charge in [0.25, 0.3) is 5.91 Å². The summed E-state index contributed by atoms with van der Waals surface area (Å²) in [7, 11) is 0. The minimum absolute atomic E-state index is 0.0723. The lowest BCUT2D eigenvalue weighted by Gasteiger charge is -2.35. The van der Waals surface area contributed by atoms with E-state index in [2.05, 4.69) is 21.0 Å². The van der Waals surface area contributed by atoms with Crippen LogP contribution in [-0.4, -0.2) is 63.2 Å². The molecule has 0 N–H and O–H groups in total. The van der Waals surface area contributed by atoms with Gasteiger partial charge in [0.05, 0.1) is 17.3 Å². The molecule has 0 aliphatic carbocycles. The highest BCUT2D eigenvalue weighted by Crippen LogP contribution is 2.19. The van der Waals surface area contributed by atoms with E-state index >= 15 is 0 Å². The number of pyridine rings is 1. The molecule has 2 aromatic rings. The predicted octanol–water partition coefficient (Wildman–Crippen LogP) is 2.79. The fraction of sp³-hybridized carbons (Fsp3) is 0.471. The summed E-state index contributed by atoms with van der Waals surface area (Å²) < 4.78 is 7.95. The topological polar surface area (TPSA) is 67.2 Å². The van der Waals surface area contributed by atoms with E-state index in [1.165, 1.54) is 0 Å². The highest BCUT2D eigenvalue weighted by molar-refractivity contribution is 9.10. The fourth-order valence-corrected chi connectivity index (χ4v) is 3.04. The number of amides is 2. The van der Waals surface area contributed by atoms with E-state index in [-0.39, 0.29) is 12.0 Å². The molecule has 1 saturated heterocycles. The second kappa shape index (κ2) is 6.67. The van der Waals surface area contributed by atoms with Crippen molar-refractivity contribution in [2.45, 2.75) is 26.4 Å². The summed E-state index contributed by atoms with van der Waals surface area (Å²) in [4.78, 5) is 28.3. The van der Waals surface area contributed by atoms with Gasteiger partial charge < -0.3 is 14.5 Å². The number of halogens is 1. The number of carbonyl (C=O) groups excluding carboxylic acids is 2. The van der Waals surface area contributed by atoms with E-state index < -0.39 is 5.60 Å². The standard InChI is InChI=1S/C17H21BrN4O3/c1-17(2,3)25-16(24)21-8-6-20(7-9-21)15(23)13-11-19-22-5-4-12(18)10-14(13)22/h4-5,10-11H,6-9H2,1-3H3. The lowest BCUT2D eigenvalue weighted by molar-refractivity contribution is 0.0141. The number of ether oxygens (including phenoxy) is 1.